The Hall–Kier alpha value is -1.34. The molecule has 3 rings (SSSR count). The van der Waals surface area contributed by atoms with Crippen LogP contribution in [0, 0.1) is 0 Å². The van der Waals surface area contributed by atoms with Crippen molar-refractivity contribution < 1.29 is 14.3 Å². The Balaban J connectivity index is 0.00000208. The van der Waals surface area contributed by atoms with Gasteiger partial charge in [0.25, 0.3) is 0 Å². The largest absolute Gasteiger partial charge is 0.364 e. The number of rotatable bonds is 4. The first-order valence-electron chi connectivity index (χ1n) is 7.79. The third kappa shape index (κ3) is 4.00. The van der Waals surface area contributed by atoms with E-state index in [9.17, 15) is 9.59 Å². The number of carbonyl (C=O) groups excluding carboxylic acids is 2. The smallest absolute Gasteiger partial charge is 0.249 e. The average Bonchev–Trinajstić information content (AvgIpc) is 3.14. The van der Waals surface area contributed by atoms with E-state index in [0.29, 0.717) is 30.2 Å². The maximum Gasteiger partial charge on any atom is 0.249 e. The van der Waals surface area contributed by atoms with Crippen molar-refractivity contribution in [2.75, 3.05) is 18.0 Å². The number of halogens is 2. The molecule has 0 aromatic heterocycles. The van der Waals surface area contributed by atoms with Crippen molar-refractivity contribution >= 4 is 41.5 Å². The maximum absolute atomic E-state index is 12.2. The summed E-state index contributed by atoms with van der Waals surface area (Å²) in [5.74, 6) is -0.213. The van der Waals surface area contributed by atoms with Gasteiger partial charge in [0, 0.05) is 19.5 Å². The van der Waals surface area contributed by atoms with Crippen LogP contribution in [0.2, 0.25) is 5.02 Å². The highest BCUT2D eigenvalue weighted by molar-refractivity contribution is 6.33. The molecule has 8 heteroatoms. The Morgan fingerprint density at radius 3 is 2.79 bits per heavy atom. The van der Waals surface area contributed by atoms with Crippen molar-refractivity contribution in [3.63, 3.8) is 0 Å². The number of para-hydroxylation sites is 1. The van der Waals surface area contributed by atoms with Gasteiger partial charge in [-0.15, -0.1) is 12.4 Å². The van der Waals surface area contributed by atoms with E-state index < -0.39 is 6.10 Å². The van der Waals surface area contributed by atoms with E-state index in [2.05, 4.69) is 5.32 Å². The van der Waals surface area contributed by atoms with Crippen molar-refractivity contribution in [1.29, 1.82) is 0 Å². The third-order valence-electron chi connectivity index (χ3n) is 4.28. The number of carbonyl (C=O) groups is 2. The SMILES string of the molecule is Cl.NC[C@H]1CC[C@@H](C(=O)NC2CC(=O)N(c3ccccc3Cl)C2)O1. The van der Waals surface area contributed by atoms with E-state index in [-0.39, 0.29) is 42.8 Å². The molecule has 24 heavy (non-hydrogen) atoms. The standard InChI is InChI=1S/C16H20ClN3O3.ClH/c17-12-3-1-2-4-13(12)20-9-10(7-15(20)21)19-16(22)14-6-5-11(8-18)23-14;/h1-4,10-11,14H,5-9,18H2,(H,19,22);1H/t10?,11-,14+;/m1./s1. The molecule has 2 aliphatic heterocycles. The lowest BCUT2D eigenvalue weighted by Gasteiger charge is -2.19. The fourth-order valence-electron chi connectivity index (χ4n) is 3.07. The summed E-state index contributed by atoms with van der Waals surface area (Å²) in [5.41, 5.74) is 6.23. The van der Waals surface area contributed by atoms with E-state index in [1.54, 1.807) is 17.0 Å². The fraction of sp³-hybridized carbons (Fsp3) is 0.500. The summed E-state index contributed by atoms with van der Waals surface area (Å²) in [6, 6.07) is 6.97. The van der Waals surface area contributed by atoms with Crippen molar-refractivity contribution in [2.24, 2.45) is 5.73 Å². The number of amides is 2. The zero-order valence-electron chi connectivity index (χ0n) is 13.1. The van der Waals surface area contributed by atoms with Crippen LogP contribution in [-0.4, -0.2) is 43.2 Å². The molecule has 2 amide bonds. The van der Waals surface area contributed by atoms with Crippen LogP contribution in [0.25, 0.3) is 0 Å². The van der Waals surface area contributed by atoms with Gasteiger partial charge in [0.05, 0.1) is 22.9 Å². The number of nitrogens with zero attached hydrogens (tertiary/aromatic N) is 1. The van der Waals surface area contributed by atoms with Crippen LogP contribution in [0.1, 0.15) is 19.3 Å². The molecule has 0 saturated carbocycles. The van der Waals surface area contributed by atoms with Crippen molar-refractivity contribution in [2.45, 2.75) is 37.5 Å². The van der Waals surface area contributed by atoms with E-state index >= 15 is 0 Å². The van der Waals surface area contributed by atoms with Gasteiger partial charge in [-0.05, 0) is 25.0 Å². The predicted octanol–water partition coefficient (Wildman–Crippen LogP) is 1.49. The van der Waals surface area contributed by atoms with Crippen LogP contribution in [0.3, 0.4) is 0 Å². The van der Waals surface area contributed by atoms with Crippen LogP contribution in [0.5, 0.6) is 0 Å². The van der Waals surface area contributed by atoms with Crippen LogP contribution in [0.15, 0.2) is 24.3 Å². The first kappa shape index (κ1) is 19.0. The predicted molar refractivity (Wildman–Crippen MR) is 94.6 cm³/mol. The Bertz CT molecular complexity index is 614. The normalized spacial score (nSPS) is 26.3. The van der Waals surface area contributed by atoms with Crippen molar-refractivity contribution in [1.82, 2.24) is 5.32 Å². The minimum absolute atomic E-state index is 0. The highest BCUT2D eigenvalue weighted by atomic mass is 35.5. The van der Waals surface area contributed by atoms with Crippen LogP contribution >= 0.6 is 24.0 Å². The highest BCUT2D eigenvalue weighted by Gasteiger charge is 2.36. The lowest BCUT2D eigenvalue weighted by Crippen LogP contribution is -2.43. The molecular weight excluding hydrogens is 353 g/mol. The van der Waals surface area contributed by atoms with Gasteiger partial charge >= 0.3 is 0 Å². The molecule has 2 aliphatic rings. The van der Waals surface area contributed by atoms with E-state index in [1.807, 2.05) is 12.1 Å². The van der Waals surface area contributed by atoms with Gasteiger partial charge in [-0.25, -0.2) is 0 Å². The topological polar surface area (TPSA) is 84.7 Å². The minimum atomic E-state index is -0.465. The summed E-state index contributed by atoms with van der Waals surface area (Å²) in [4.78, 5) is 26.1. The van der Waals surface area contributed by atoms with Gasteiger partial charge in [-0.2, -0.15) is 0 Å². The molecule has 1 unspecified atom stereocenters. The van der Waals surface area contributed by atoms with Gasteiger partial charge in [0.2, 0.25) is 11.8 Å². The maximum atomic E-state index is 12.2. The van der Waals surface area contributed by atoms with Gasteiger partial charge < -0.3 is 20.7 Å². The monoisotopic (exact) mass is 373 g/mol. The van der Waals surface area contributed by atoms with Gasteiger partial charge in [0.15, 0.2) is 0 Å². The second kappa shape index (κ2) is 8.16. The summed E-state index contributed by atoms with van der Waals surface area (Å²) < 4.78 is 5.58. The van der Waals surface area contributed by atoms with Gasteiger partial charge in [0.1, 0.15) is 6.10 Å². The van der Waals surface area contributed by atoms with Crippen LogP contribution in [-0.2, 0) is 14.3 Å². The quantitative estimate of drug-likeness (QED) is 0.837. The molecule has 2 saturated heterocycles. The molecule has 132 valence electrons. The molecule has 0 aliphatic carbocycles. The summed E-state index contributed by atoms with van der Waals surface area (Å²) in [6.07, 6.45) is 1.22. The summed E-state index contributed by atoms with van der Waals surface area (Å²) in [5, 5.41) is 3.43. The first-order valence-corrected chi connectivity index (χ1v) is 8.17. The summed E-state index contributed by atoms with van der Waals surface area (Å²) >= 11 is 6.15. The number of benzene rings is 1. The molecule has 3 atom stereocenters. The zero-order valence-corrected chi connectivity index (χ0v) is 14.7. The Morgan fingerprint density at radius 2 is 2.12 bits per heavy atom. The van der Waals surface area contributed by atoms with Gasteiger partial charge in [-0.3, -0.25) is 9.59 Å². The van der Waals surface area contributed by atoms with Crippen molar-refractivity contribution in [3.8, 4) is 0 Å². The number of nitrogens with two attached hydrogens (primary N) is 1. The Kier molecular flexibility index (Phi) is 6.46. The van der Waals surface area contributed by atoms with Crippen molar-refractivity contribution in [3.05, 3.63) is 29.3 Å². The molecule has 0 spiro atoms. The third-order valence-corrected chi connectivity index (χ3v) is 4.60. The van der Waals surface area contributed by atoms with E-state index in [0.717, 1.165) is 6.42 Å². The average molecular weight is 374 g/mol. The Labute approximate surface area is 152 Å². The van der Waals surface area contributed by atoms with Crippen LogP contribution in [0.4, 0.5) is 5.69 Å². The molecule has 3 N–H and O–H groups in total. The van der Waals surface area contributed by atoms with Crippen LogP contribution < -0.4 is 16.0 Å². The molecule has 2 heterocycles. The summed E-state index contributed by atoms with van der Waals surface area (Å²) in [7, 11) is 0. The molecule has 0 bridgehead atoms. The lowest BCUT2D eigenvalue weighted by atomic mass is 10.1. The lowest BCUT2D eigenvalue weighted by molar-refractivity contribution is -0.132. The zero-order chi connectivity index (χ0) is 16.4. The number of hydrogen-bond acceptors (Lipinski definition) is 4. The fourth-order valence-corrected chi connectivity index (χ4v) is 3.31. The number of ether oxygens (including phenoxy) is 1. The van der Waals surface area contributed by atoms with E-state index in [4.69, 9.17) is 22.1 Å². The number of hydrogen-bond donors (Lipinski definition) is 2. The molecule has 2 fully saturated rings. The molecule has 6 nitrogen and oxygen atoms in total. The minimum Gasteiger partial charge on any atom is -0.364 e. The number of nitrogens with one attached hydrogen (secondary N) is 1. The first-order chi connectivity index (χ1) is 11.1. The molecular formula is C16H21Cl2N3O3. The second-order valence-corrected chi connectivity index (χ2v) is 6.33. The van der Waals surface area contributed by atoms with E-state index in [1.165, 1.54) is 0 Å². The second-order valence-electron chi connectivity index (χ2n) is 5.93. The molecule has 0 radical (unpaired) electrons. The van der Waals surface area contributed by atoms with Gasteiger partial charge in [-0.1, -0.05) is 23.7 Å². The Morgan fingerprint density at radius 1 is 1.38 bits per heavy atom. The number of anilines is 1. The summed E-state index contributed by atoms with van der Waals surface area (Å²) in [6.45, 7) is 0.841. The molecule has 1 aromatic carbocycles. The molecule has 1 aromatic rings. The highest BCUT2D eigenvalue weighted by Crippen LogP contribution is 2.29.